The van der Waals surface area contributed by atoms with Gasteiger partial charge < -0.3 is 5.32 Å². The SMILES string of the molecule is c1ccc(-c2n[nH]c(C3CNC3)n2)cc1. The van der Waals surface area contributed by atoms with Gasteiger partial charge in [-0.1, -0.05) is 30.3 Å². The molecule has 76 valence electrons. The third kappa shape index (κ3) is 1.53. The molecule has 0 amide bonds. The zero-order valence-corrected chi connectivity index (χ0v) is 8.27. The minimum atomic E-state index is 0.509. The second kappa shape index (κ2) is 3.47. The Morgan fingerprint density at radius 1 is 1.13 bits per heavy atom. The molecule has 0 saturated carbocycles. The highest BCUT2D eigenvalue weighted by Crippen LogP contribution is 2.19. The molecule has 0 unspecified atom stereocenters. The first-order chi connectivity index (χ1) is 7.43. The average molecular weight is 200 g/mol. The highest BCUT2D eigenvalue weighted by molar-refractivity contribution is 5.53. The van der Waals surface area contributed by atoms with E-state index >= 15 is 0 Å². The Kier molecular flexibility index (Phi) is 1.99. The Labute approximate surface area is 87.7 Å². The van der Waals surface area contributed by atoms with Gasteiger partial charge in [0.1, 0.15) is 5.82 Å². The van der Waals surface area contributed by atoms with Crippen molar-refractivity contribution in [1.29, 1.82) is 0 Å². The van der Waals surface area contributed by atoms with Crippen LogP contribution >= 0.6 is 0 Å². The maximum Gasteiger partial charge on any atom is 0.181 e. The molecule has 0 spiro atoms. The molecule has 2 aromatic rings. The van der Waals surface area contributed by atoms with E-state index in [0.717, 1.165) is 30.3 Å². The summed E-state index contributed by atoms with van der Waals surface area (Å²) in [5, 5.41) is 10.5. The molecule has 1 saturated heterocycles. The number of aromatic nitrogens is 3. The smallest absolute Gasteiger partial charge is 0.181 e. The lowest BCUT2D eigenvalue weighted by Gasteiger charge is -2.24. The van der Waals surface area contributed by atoms with Gasteiger partial charge in [0.05, 0.1) is 0 Å². The average Bonchev–Trinajstić information content (AvgIpc) is 2.66. The van der Waals surface area contributed by atoms with Gasteiger partial charge in [0.2, 0.25) is 0 Å². The summed E-state index contributed by atoms with van der Waals surface area (Å²) in [5.41, 5.74) is 1.06. The zero-order chi connectivity index (χ0) is 10.1. The van der Waals surface area contributed by atoms with Crippen LogP contribution in [-0.2, 0) is 0 Å². The lowest BCUT2D eigenvalue weighted by molar-refractivity contribution is 0.431. The summed E-state index contributed by atoms with van der Waals surface area (Å²) in [5.74, 6) is 2.29. The van der Waals surface area contributed by atoms with Crippen molar-refractivity contribution in [2.75, 3.05) is 13.1 Å². The van der Waals surface area contributed by atoms with Gasteiger partial charge >= 0.3 is 0 Å². The van der Waals surface area contributed by atoms with Crippen molar-refractivity contribution in [3.8, 4) is 11.4 Å². The molecule has 0 aliphatic carbocycles. The molecule has 4 nitrogen and oxygen atoms in total. The first-order valence-corrected chi connectivity index (χ1v) is 5.12. The molecule has 1 fully saturated rings. The van der Waals surface area contributed by atoms with Crippen LogP contribution in [0.5, 0.6) is 0 Å². The van der Waals surface area contributed by atoms with E-state index in [1.807, 2.05) is 30.3 Å². The van der Waals surface area contributed by atoms with Gasteiger partial charge in [-0.15, -0.1) is 0 Å². The number of H-pyrrole nitrogens is 1. The molecule has 2 N–H and O–H groups in total. The second-order valence-corrected chi connectivity index (χ2v) is 3.77. The van der Waals surface area contributed by atoms with Crippen molar-refractivity contribution in [3.05, 3.63) is 36.2 Å². The van der Waals surface area contributed by atoms with E-state index in [1.165, 1.54) is 0 Å². The van der Waals surface area contributed by atoms with Gasteiger partial charge in [0, 0.05) is 24.6 Å². The van der Waals surface area contributed by atoms with Crippen LogP contribution in [0.25, 0.3) is 11.4 Å². The van der Waals surface area contributed by atoms with Gasteiger partial charge in [-0.3, -0.25) is 5.10 Å². The Morgan fingerprint density at radius 2 is 1.93 bits per heavy atom. The molecule has 0 atom stereocenters. The van der Waals surface area contributed by atoms with Gasteiger partial charge in [-0.25, -0.2) is 4.98 Å². The number of nitrogens with zero attached hydrogens (tertiary/aromatic N) is 2. The second-order valence-electron chi connectivity index (χ2n) is 3.77. The van der Waals surface area contributed by atoms with Crippen LogP contribution in [0.4, 0.5) is 0 Å². The molecule has 1 aromatic carbocycles. The van der Waals surface area contributed by atoms with Crippen molar-refractivity contribution >= 4 is 0 Å². The largest absolute Gasteiger partial charge is 0.315 e. The third-order valence-electron chi connectivity index (χ3n) is 2.70. The van der Waals surface area contributed by atoms with Gasteiger partial charge in [-0.2, -0.15) is 5.10 Å². The maximum atomic E-state index is 4.50. The molecule has 0 bridgehead atoms. The van der Waals surface area contributed by atoms with Crippen molar-refractivity contribution < 1.29 is 0 Å². The van der Waals surface area contributed by atoms with E-state index in [1.54, 1.807) is 0 Å². The summed E-state index contributed by atoms with van der Waals surface area (Å²) in [6.45, 7) is 2.01. The lowest BCUT2D eigenvalue weighted by Crippen LogP contribution is -2.40. The predicted molar refractivity (Wildman–Crippen MR) is 57.4 cm³/mol. The topological polar surface area (TPSA) is 53.6 Å². The summed E-state index contributed by atoms with van der Waals surface area (Å²) in [6.07, 6.45) is 0. The maximum absolute atomic E-state index is 4.50. The minimum absolute atomic E-state index is 0.509. The van der Waals surface area contributed by atoms with Gasteiger partial charge in [0.25, 0.3) is 0 Å². The van der Waals surface area contributed by atoms with E-state index in [9.17, 15) is 0 Å². The van der Waals surface area contributed by atoms with Crippen molar-refractivity contribution in [1.82, 2.24) is 20.5 Å². The molecule has 3 rings (SSSR count). The number of hydrogen-bond acceptors (Lipinski definition) is 3. The summed E-state index contributed by atoms with van der Waals surface area (Å²) >= 11 is 0. The highest BCUT2D eigenvalue weighted by Gasteiger charge is 2.22. The Hall–Kier alpha value is -1.68. The molecule has 0 radical (unpaired) electrons. The number of hydrogen-bond donors (Lipinski definition) is 2. The molecule has 15 heavy (non-hydrogen) atoms. The van der Waals surface area contributed by atoms with Crippen LogP contribution in [-0.4, -0.2) is 28.3 Å². The number of nitrogens with one attached hydrogen (secondary N) is 2. The zero-order valence-electron chi connectivity index (χ0n) is 8.27. The molecular weight excluding hydrogens is 188 g/mol. The predicted octanol–water partition coefficient (Wildman–Crippen LogP) is 1.16. The fourth-order valence-electron chi connectivity index (χ4n) is 1.66. The number of aromatic amines is 1. The van der Waals surface area contributed by atoms with Crippen LogP contribution in [0.15, 0.2) is 30.3 Å². The van der Waals surface area contributed by atoms with Crippen molar-refractivity contribution in [3.63, 3.8) is 0 Å². The van der Waals surface area contributed by atoms with Crippen LogP contribution in [0.3, 0.4) is 0 Å². The van der Waals surface area contributed by atoms with E-state index < -0.39 is 0 Å². The fourth-order valence-corrected chi connectivity index (χ4v) is 1.66. The molecule has 1 aliphatic heterocycles. The summed E-state index contributed by atoms with van der Waals surface area (Å²) in [4.78, 5) is 4.50. The molecular formula is C11H12N4. The summed E-state index contributed by atoms with van der Waals surface area (Å²) in [7, 11) is 0. The molecule has 1 aromatic heterocycles. The van der Waals surface area contributed by atoms with Crippen LogP contribution in [0, 0.1) is 0 Å². The van der Waals surface area contributed by atoms with Crippen LogP contribution < -0.4 is 5.32 Å². The minimum Gasteiger partial charge on any atom is -0.315 e. The Morgan fingerprint density at radius 3 is 2.60 bits per heavy atom. The standard InChI is InChI=1S/C11H12N4/c1-2-4-8(5-3-1)10-13-11(15-14-10)9-6-12-7-9/h1-5,9,12H,6-7H2,(H,13,14,15). The van der Waals surface area contributed by atoms with E-state index in [4.69, 9.17) is 0 Å². The monoisotopic (exact) mass is 200 g/mol. The Bertz CT molecular complexity index is 445. The van der Waals surface area contributed by atoms with Gasteiger partial charge in [-0.05, 0) is 0 Å². The van der Waals surface area contributed by atoms with Crippen molar-refractivity contribution in [2.24, 2.45) is 0 Å². The summed E-state index contributed by atoms with van der Waals surface area (Å²) < 4.78 is 0. The normalized spacial score (nSPS) is 16.3. The highest BCUT2D eigenvalue weighted by atomic mass is 15.2. The van der Waals surface area contributed by atoms with Gasteiger partial charge in [0.15, 0.2) is 5.82 Å². The lowest BCUT2D eigenvalue weighted by atomic mass is 10.0. The number of rotatable bonds is 2. The van der Waals surface area contributed by atoms with E-state index in [0.29, 0.717) is 5.92 Å². The van der Waals surface area contributed by atoms with E-state index in [2.05, 4.69) is 20.5 Å². The fraction of sp³-hybridized carbons (Fsp3) is 0.273. The molecule has 2 heterocycles. The summed E-state index contributed by atoms with van der Waals surface area (Å²) in [6, 6.07) is 10.0. The van der Waals surface area contributed by atoms with Crippen LogP contribution in [0.2, 0.25) is 0 Å². The van der Waals surface area contributed by atoms with E-state index in [-0.39, 0.29) is 0 Å². The first-order valence-electron chi connectivity index (χ1n) is 5.12. The first kappa shape index (κ1) is 8.61. The van der Waals surface area contributed by atoms with Crippen LogP contribution in [0.1, 0.15) is 11.7 Å². The van der Waals surface area contributed by atoms with Crippen molar-refractivity contribution in [2.45, 2.75) is 5.92 Å². The molecule has 4 heteroatoms. The third-order valence-corrected chi connectivity index (χ3v) is 2.70. The quantitative estimate of drug-likeness (QED) is 0.764. The Balaban J connectivity index is 1.90. The molecule has 1 aliphatic rings. The number of benzene rings is 1.